The third-order valence-electron chi connectivity index (χ3n) is 4.30. The molecule has 1 fully saturated rings. The molecule has 26 heavy (non-hydrogen) atoms. The molecule has 1 aliphatic heterocycles. The third-order valence-corrected chi connectivity index (χ3v) is 6.43. The van der Waals surface area contributed by atoms with E-state index in [-0.39, 0.29) is 4.90 Å². The van der Waals surface area contributed by atoms with Crippen molar-refractivity contribution in [3.8, 4) is 0 Å². The van der Waals surface area contributed by atoms with Gasteiger partial charge in [-0.25, -0.2) is 13.2 Å². The molecule has 0 bridgehead atoms. The molecule has 2 aromatic carbocycles. The number of carbonyl (C=O) groups excluding carboxylic acids is 1. The Balaban J connectivity index is 1.72. The van der Waals surface area contributed by atoms with Crippen molar-refractivity contribution >= 4 is 33.3 Å². The zero-order valence-corrected chi connectivity index (χ0v) is 15.8. The second-order valence-corrected chi connectivity index (χ2v) is 8.26. The zero-order valence-electron chi connectivity index (χ0n) is 14.3. The highest BCUT2D eigenvalue weighted by molar-refractivity contribution is 7.89. The van der Waals surface area contributed by atoms with E-state index >= 15 is 0 Å². The second-order valence-electron chi connectivity index (χ2n) is 5.89. The molecule has 8 heteroatoms. The molecule has 138 valence electrons. The first kappa shape index (κ1) is 18.7. The summed E-state index contributed by atoms with van der Waals surface area (Å²) in [6.07, 6.45) is 0. The molecule has 2 aromatic rings. The molecule has 1 saturated heterocycles. The van der Waals surface area contributed by atoms with Gasteiger partial charge in [0, 0.05) is 36.9 Å². The number of carbonyl (C=O) groups is 1. The summed E-state index contributed by atoms with van der Waals surface area (Å²) in [7, 11) is -2.23. The topological polar surface area (TPSA) is 66.9 Å². The van der Waals surface area contributed by atoms with Crippen molar-refractivity contribution < 1.29 is 17.9 Å². The van der Waals surface area contributed by atoms with E-state index in [2.05, 4.69) is 4.90 Å². The number of halogens is 1. The SMILES string of the molecule is COC(=O)c1cccc(N2CCN(S(=O)(=O)c3cccc(Cl)c3)CC2)c1. The van der Waals surface area contributed by atoms with E-state index in [4.69, 9.17) is 16.3 Å². The third kappa shape index (κ3) is 3.85. The van der Waals surface area contributed by atoms with Gasteiger partial charge in [-0.05, 0) is 36.4 Å². The number of ether oxygens (including phenoxy) is 1. The Bertz CT molecular complexity index is 909. The number of esters is 1. The maximum Gasteiger partial charge on any atom is 0.337 e. The molecule has 0 aromatic heterocycles. The fourth-order valence-electron chi connectivity index (χ4n) is 2.91. The highest BCUT2D eigenvalue weighted by Gasteiger charge is 2.28. The normalized spacial score (nSPS) is 15.7. The molecular weight excluding hydrogens is 376 g/mol. The molecule has 0 unspecified atom stereocenters. The van der Waals surface area contributed by atoms with E-state index in [1.807, 2.05) is 6.07 Å². The smallest absolute Gasteiger partial charge is 0.337 e. The van der Waals surface area contributed by atoms with Gasteiger partial charge in [0.2, 0.25) is 10.0 Å². The first-order valence-electron chi connectivity index (χ1n) is 8.11. The summed E-state index contributed by atoms with van der Waals surface area (Å²) in [5.41, 5.74) is 1.34. The number of piperazine rings is 1. The summed E-state index contributed by atoms with van der Waals surface area (Å²) in [6.45, 7) is 1.78. The Morgan fingerprint density at radius 2 is 1.73 bits per heavy atom. The molecule has 0 radical (unpaired) electrons. The maximum atomic E-state index is 12.8. The van der Waals surface area contributed by atoms with E-state index in [1.54, 1.807) is 36.4 Å². The molecule has 0 aliphatic carbocycles. The summed E-state index contributed by atoms with van der Waals surface area (Å²) < 4.78 is 31.7. The summed E-state index contributed by atoms with van der Waals surface area (Å²) in [6, 6.07) is 13.4. The molecule has 0 amide bonds. The molecule has 0 spiro atoms. The standard InChI is InChI=1S/C18H19ClN2O4S/c1-25-18(22)14-4-2-6-16(12-14)20-8-10-21(11-9-20)26(23,24)17-7-3-5-15(19)13-17/h2-7,12-13H,8-11H2,1H3. The minimum atomic E-state index is -3.57. The van der Waals surface area contributed by atoms with Crippen LogP contribution in [0, 0.1) is 0 Å². The minimum absolute atomic E-state index is 0.200. The number of nitrogens with zero attached hydrogens (tertiary/aromatic N) is 2. The first-order valence-corrected chi connectivity index (χ1v) is 9.92. The first-order chi connectivity index (χ1) is 12.4. The Labute approximate surface area is 158 Å². The Kier molecular flexibility index (Phi) is 5.50. The Morgan fingerprint density at radius 3 is 2.38 bits per heavy atom. The predicted octanol–water partition coefficient (Wildman–Crippen LogP) is 2.64. The molecule has 1 heterocycles. The summed E-state index contributed by atoms with van der Waals surface area (Å²) in [5, 5.41) is 0.393. The number of hydrogen-bond donors (Lipinski definition) is 0. The van der Waals surface area contributed by atoms with Crippen LogP contribution in [0.2, 0.25) is 5.02 Å². The average molecular weight is 395 g/mol. The number of benzene rings is 2. The van der Waals surface area contributed by atoms with E-state index in [1.165, 1.54) is 17.5 Å². The van der Waals surface area contributed by atoms with Gasteiger partial charge in [0.05, 0.1) is 17.6 Å². The average Bonchev–Trinajstić information content (AvgIpc) is 2.67. The quantitative estimate of drug-likeness (QED) is 0.746. The van der Waals surface area contributed by atoms with Crippen LogP contribution in [0.3, 0.4) is 0 Å². The van der Waals surface area contributed by atoms with E-state index in [0.717, 1.165) is 5.69 Å². The fourth-order valence-corrected chi connectivity index (χ4v) is 4.63. The van der Waals surface area contributed by atoms with Crippen LogP contribution in [0.25, 0.3) is 0 Å². The van der Waals surface area contributed by atoms with E-state index in [0.29, 0.717) is 36.8 Å². The van der Waals surface area contributed by atoms with Crippen LogP contribution < -0.4 is 4.90 Å². The number of sulfonamides is 1. The van der Waals surface area contributed by atoms with E-state index < -0.39 is 16.0 Å². The van der Waals surface area contributed by atoms with Crippen LogP contribution in [-0.4, -0.2) is 52.0 Å². The van der Waals surface area contributed by atoms with Gasteiger partial charge in [-0.2, -0.15) is 4.31 Å². The van der Waals surface area contributed by atoms with Crippen molar-refractivity contribution in [1.29, 1.82) is 0 Å². The zero-order chi connectivity index (χ0) is 18.7. The Morgan fingerprint density at radius 1 is 1.04 bits per heavy atom. The van der Waals surface area contributed by atoms with Crippen molar-refractivity contribution in [2.75, 3.05) is 38.2 Å². The van der Waals surface area contributed by atoms with Crippen molar-refractivity contribution in [2.24, 2.45) is 0 Å². The number of anilines is 1. The lowest BCUT2D eigenvalue weighted by molar-refractivity contribution is 0.0600. The highest BCUT2D eigenvalue weighted by atomic mass is 35.5. The molecule has 0 saturated carbocycles. The van der Waals surface area contributed by atoms with Crippen LogP contribution >= 0.6 is 11.6 Å². The lowest BCUT2D eigenvalue weighted by Crippen LogP contribution is -2.48. The minimum Gasteiger partial charge on any atom is -0.465 e. The van der Waals surface area contributed by atoms with Crippen LogP contribution in [0.5, 0.6) is 0 Å². The van der Waals surface area contributed by atoms with Crippen molar-refractivity contribution in [3.05, 3.63) is 59.1 Å². The lowest BCUT2D eigenvalue weighted by Gasteiger charge is -2.35. The molecule has 0 atom stereocenters. The van der Waals surface area contributed by atoms with Gasteiger partial charge in [-0.1, -0.05) is 23.7 Å². The van der Waals surface area contributed by atoms with Gasteiger partial charge in [0.15, 0.2) is 0 Å². The number of methoxy groups -OCH3 is 1. The summed E-state index contributed by atoms with van der Waals surface area (Å²) in [4.78, 5) is 13.9. The van der Waals surface area contributed by atoms with Gasteiger partial charge >= 0.3 is 5.97 Å². The monoisotopic (exact) mass is 394 g/mol. The van der Waals surface area contributed by atoms with Gasteiger partial charge in [-0.15, -0.1) is 0 Å². The summed E-state index contributed by atoms with van der Waals surface area (Å²) >= 11 is 5.92. The van der Waals surface area contributed by atoms with Crippen LogP contribution in [0.15, 0.2) is 53.4 Å². The van der Waals surface area contributed by atoms with Crippen molar-refractivity contribution in [2.45, 2.75) is 4.90 Å². The lowest BCUT2D eigenvalue weighted by atomic mass is 10.2. The largest absolute Gasteiger partial charge is 0.465 e. The van der Waals surface area contributed by atoms with Gasteiger partial charge in [-0.3, -0.25) is 0 Å². The van der Waals surface area contributed by atoms with Crippen LogP contribution in [0.4, 0.5) is 5.69 Å². The van der Waals surface area contributed by atoms with Gasteiger partial charge < -0.3 is 9.64 Å². The second kappa shape index (κ2) is 7.65. The van der Waals surface area contributed by atoms with Crippen molar-refractivity contribution in [3.63, 3.8) is 0 Å². The van der Waals surface area contributed by atoms with Crippen LogP contribution in [0.1, 0.15) is 10.4 Å². The van der Waals surface area contributed by atoms with Gasteiger partial charge in [0.1, 0.15) is 0 Å². The highest BCUT2D eigenvalue weighted by Crippen LogP contribution is 2.23. The molecule has 0 N–H and O–H groups in total. The fraction of sp³-hybridized carbons (Fsp3) is 0.278. The predicted molar refractivity (Wildman–Crippen MR) is 100 cm³/mol. The summed E-state index contributed by atoms with van der Waals surface area (Å²) in [5.74, 6) is -0.394. The number of hydrogen-bond acceptors (Lipinski definition) is 5. The van der Waals surface area contributed by atoms with Gasteiger partial charge in [0.25, 0.3) is 0 Å². The molecular formula is C18H19ClN2O4S. The number of rotatable bonds is 4. The Hall–Kier alpha value is -2.09. The molecule has 3 rings (SSSR count). The molecule has 6 nitrogen and oxygen atoms in total. The van der Waals surface area contributed by atoms with Crippen LogP contribution in [-0.2, 0) is 14.8 Å². The van der Waals surface area contributed by atoms with E-state index in [9.17, 15) is 13.2 Å². The maximum absolute atomic E-state index is 12.8. The molecule has 1 aliphatic rings. The van der Waals surface area contributed by atoms with Crippen molar-refractivity contribution in [1.82, 2.24) is 4.31 Å².